The van der Waals surface area contributed by atoms with E-state index in [0.29, 0.717) is 6.54 Å². The molecule has 194 valence electrons. The fraction of sp³-hybridized carbons (Fsp3) is 0.692. The van der Waals surface area contributed by atoms with Crippen LogP contribution in [0.2, 0.25) is 0 Å². The Balaban J connectivity index is 1.78. The van der Waals surface area contributed by atoms with E-state index in [2.05, 4.69) is 26.2 Å². The summed E-state index contributed by atoms with van der Waals surface area (Å²) in [5, 5.41) is 3.04. The monoisotopic (exact) mass is 550 g/mol. The first kappa shape index (κ1) is 27.4. The van der Waals surface area contributed by atoms with Gasteiger partial charge in [-0.05, 0) is 86.9 Å². The fourth-order valence-corrected chi connectivity index (χ4v) is 5.34. The van der Waals surface area contributed by atoms with E-state index in [1.807, 2.05) is 17.2 Å². The molecule has 1 saturated carbocycles. The summed E-state index contributed by atoms with van der Waals surface area (Å²) in [6.07, 6.45) is 9.83. The summed E-state index contributed by atoms with van der Waals surface area (Å²) >= 11 is 3.48. The molecule has 1 saturated heterocycles. The molecule has 2 aliphatic rings. The second-order valence-electron chi connectivity index (χ2n) is 10.8. The normalized spacial score (nSPS) is 20.7. The molecule has 1 aliphatic heterocycles. The van der Waals surface area contributed by atoms with Crippen LogP contribution >= 0.6 is 15.9 Å². The molecule has 1 aromatic heterocycles. The summed E-state index contributed by atoms with van der Waals surface area (Å²) < 4.78 is 6.30. The van der Waals surface area contributed by atoms with Crippen molar-refractivity contribution < 1.29 is 19.1 Å². The van der Waals surface area contributed by atoms with Gasteiger partial charge in [0.2, 0.25) is 11.8 Å². The SMILES string of the molecule is C[C@@H](C(=O)N[C@H](C(=O)N1CCC[C@H]1c1cncc(Br)c1)C1CCCCC1)N(C)C(=O)OC(C)(C)C. The van der Waals surface area contributed by atoms with Gasteiger partial charge in [-0.2, -0.15) is 0 Å². The lowest BCUT2D eigenvalue weighted by atomic mass is 9.83. The quantitative estimate of drug-likeness (QED) is 0.547. The highest BCUT2D eigenvalue weighted by Crippen LogP contribution is 2.35. The van der Waals surface area contributed by atoms with Crippen LogP contribution in [-0.4, -0.2) is 64.0 Å². The van der Waals surface area contributed by atoms with Crippen LogP contribution in [-0.2, 0) is 14.3 Å². The molecule has 1 aromatic rings. The molecule has 0 aromatic carbocycles. The lowest BCUT2D eigenvalue weighted by Crippen LogP contribution is -2.56. The van der Waals surface area contributed by atoms with Crippen molar-refractivity contribution in [3.63, 3.8) is 0 Å². The number of nitrogens with zero attached hydrogens (tertiary/aromatic N) is 3. The molecular weight excluding hydrogens is 512 g/mol. The number of carbonyl (C=O) groups excluding carboxylic acids is 3. The van der Waals surface area contributed by atoms with E-state index < -0.39 is 23.8 Å². The average molecular weight is 552 g/mol. The van der Waals surface area contributed by atoms with Crippen molar-refractivity contribution in [2.45, 2.75) is 96.4 Å². The van der Waals surface area contributed by atoms with Crippen molar-refractivity contribution in [3.05, 3.63) is 28.5 Å². The molecule has 35 heavy (non-hydrogen) atoms. The summed E-state index contributed by atoms with van der Waals surface area (Å²) in [5.74, 6) is -0.303. The van der Waals surface area contributed by atoms with Crippen LogP contribution in [0.1, 0.15) is 84.2 Å². The molecule has 1 aliphatic carbocycles. The Bertz CT molecular complexity index is 913. The van der Waals surface area contributed by atoms with Crippen LogP contribution in [0.4, 0.5) is 4.79 Å². The van der Waals surface area contributed by atoms with Crippen LogP contribution in [0, 0.1) is 5.92 Å². The third-order valence-corrected chi connectivity index (χ3v) is 7.41. The Morgan fingerprint density at radius 3 is 2.46 bits per heavy atom. The highest BCUT2D eigenvalue weighted by molar-refractivity contribution is 9.10. The Labute approximate surface area is 217 Å². The summed E-state index contributed by atoms with van der Waals surface area (Å²) in [6.45, 7) is 7.67. The highest BCUT2D eigenvalue weighted by Gasteiger charge is 2.40. The van der Waals surface area contributed by atoms with Gasteiger partial charge in [0.05, 0.1) is 6.04 Å². The number of hydrogen-bond donors (Lipinski definition) is 1. The number of pyridine rings is 1. The zero-order valence-electron chi connectivity index (χ0n) is 21.6. The number of halogens is 1. The smallest absolute Gasteiger partial charge is 0.410 e. The van der Waals surface area contributed by atoms with E-state index in [1.54, 1.807) is 40.9 Å². The molecule has 3 atom stereocenters. The van der Waals surface area contributed by atoms with Crippen molar-refractivity contribution in [1.82, 2.24) is 20.1 Å². The zero-order valence-corrected chi connectivity index (χ0v) is 23.1. The summed E-state index contributed by atoms with van der Waals surface area (Å²) in [5.41, 5.74) is 0.339. The minimum absolute atomic E-state index is 0.0418. The maximum atomic E-state index is 13.9. The number of carbonyl (C=O) groups is 3. The van der Waals surface area contributed by atoms with Gasteiger partial charge in [-0.3, -0.25) is 19.5 Å². The number of rotatable bonds is 6. The van der Waals surface area contributed by atoms with Crippen LogP contribution in [0.15, 0.2) is 22.9 Å². The zero-order chi connectivity index (χ0) is 25.8. The van der Waals surface area contributed by atoms with E-state index >= 15 is 0 Å². The van der Waals surface area contributed by atoms with Crippen LogP contribution in [0.5, 0.6) is 0 Å². The topological polar surface area (TPSA) is 91.8 Å². The summed E-state index contributed by atoms with van der Waals surface area (Å²) in [7, 11) is 1.55. The average Bonchev–Trinajstić information content (AvgIpc) is 3.30. The largest absolute Gasteiger partial charge is 0.444 e. The standard InChI is InChI=1S/C26H39BrN4O4/c1-17(30(5)25(34)35-26(2,3)4)23(32)29-22(18-10-7-6-8-11-18)24(33)31-13-9-12-21(31)19-14-20(27)16-28-15-19/h14-18,21-22H,6-13H2,1-5H3,(H,29,32)/t17-,21-,22-/m0/s1. The molecule has 2 heterocycles. The predicted molar refractivity (Wildman–Crippen MR) is 138 cm³/mol. The number of aromatic nitrogens is 1. The van der Waals surface area contributed by atoms with E-state index in [-0.39, 0.29) is 23.8 Å². The number of ether oxygens (including phenoxy) is 1. The second kappa shape index (κ2) is 11.7. The Hall–Kier alpha value is -2.16. The third kappa shape index (κ3) is 7.18. The lowest BCUT2D eigenvalue weighted by molar-refractivity contribution is -0.140. The number of nitrogens with one attached hydrogen (secondary N) is 1. The van der Waals surface area contributed by atoms with Crippen molar-refractivity contribution in [3.8, 4) is 0 Å². The molecule has 0 radical (unpaired) electrons. The molecule has 2 fully saturated rings. The van der Waals surface area contributed by atoms with Crippen LogP contribution in [0.25, 0.3) is 0 Å². The molecule has 0 unspecified atom stereocenters. The molecule has 9 heteroatoms. The summed E-state index contributed by atoms with van der Waals surface area (Å²) in [6, 6.07) is 0.567. The fourth-order valence-electron chi connectivity index (χ4n) is 4.96. The van der Waals surface area contributed by atoms with Gasteiger partial charge in [-0.25, -0.2) is 4.79 Å². The Morgan fingerprint density at radius 1 is 1.14 bits per heavy atom. The first-order chi connectivity index (χ1) is 16.5. The number of likely N-dealkylation sites (tertiary alicyclic amines) is 1. The molecular formula is C26H39BrN4O4. The highest BCUT2D eigenvalue weighted by atomic mass is 79.9. The molecule has 0 spiro atoms. The molecule has 3 rings (SSSR count). The first-order valence-electron chi connectivity index (χ1n) is 12.6. The number of hydrogen-bond acceptors (Lipinski definition) is 5. The van der Waals surface area contributed by atoms with Crippen molar-refractivity contribution in [2.75, 3.05) is 13.6 Å². The first-order valence-corrected chi connectivity index (χ1v) is 13.4. The van der Waals surface area contributed by atoms with Crippen LogP contribution < -0.4 is 5.32 Å². The maximum Gasteiger partial charge on any atom is 0.410 e. The van der Waals surface area contributed by atoms with Gasteiger partial charge in [0.1, 0.15) is 17.7 Å². The van der Waals surface area contributed by atoms with Gasteiger partial charge in [-0.1, -0.05) is 19.3 Å². The van der Waals surface area contributed by atoms with Crippen molar-refractivity contribution >= 4 is 33.8 Å². The lowest BCUT2D eigenvalue weighted by Gasteiger charge is -2.36. The number of likely N-dealkylation sites (N-methyl/N-ethyl adjacent to an activating group) is 1. The number of amides is 3. The van der Waals surface area contributed by atoms with Gasteiger partial charge in [0, 0.05) is 30.5 Å². The minimum Gasteiger partial charge on any atom is -0.444 e. The molecule has 1 N–H and O–H groups in total. The van der Waals surface area contributed by atoms with Gasteiger partial charge >= 0.3 is 6.09 Å². The third-order valence-electron chi connectivity index (χ3n) is 6.97. The van der Waals surface area contributed by atoms with Gasteiger partial charge < -0.3 is 15.0 Å². The van der Waals surface area contributed by atoms with Gasteiger partial charge in [0.15, 0.2) is 0 Å². The van der Waals surface area contributed by atoms with E-state index in [4.69, 9.17) is 4.74 Å². The van der Waals surface area contributed by atoms with E-state index in [1.165, 1.54) is 4.90 Å². The van der Waals surface area contributed by atoms with E-state index in [0.717, 1.165) is 55.0 Å². The van der Waals surface area contributed by atoms with Crippen LogP contribution in [0.3, 0.4) is 0 Å². The minimum atomic E-state index is -0.771. The predicted octanol–water partition coefficient (Wildman–Crippen LogP) is 4.83. The van der Waals surface area contributed by atoms with Crippen molar-refractivity contribution in [1.29, 1.82) is 0 Å². The van der Waals surface area contributed by atoms with Gasteiger partial charge in [0.25, 0.3) is 0 Å². The summed E-state index contributed by atoms with van der Waals surface area (Å²) in [4.78, 5) is 47.2. The Kier molecular flexibility index (Phi) is 9.18. The maximum absolute atomic E-state index is 13.9. The second-order valence-corrected chi connectivity index (χ2v) is 11.7. The van der Waals surface area contributed by atoms with Gasteiger partial charge in [-0.15, -0.1) is 0 Å². The van der Waals surface area contributed by atoms with E-state index in [9.17, 15) is 14.4 Å². The Morgan fingerprint density at radius 2 is 1.83 bits per heavy atom. The molecule has 0 bridgehead atoms. The van der Waals surface area contributed by atoms with Crippen molar-refractivity contribution in [2.24, 2.45) is 5.92 Å². The molecule has 3 amide bonds. The molecule has 8 nitrogen and oxygen atoms in total.